The summed E-state index contributed by atoms with van der Waals surface area (Å²) in [6.45, 7) is -0.0128. The minimum atomic E-state index is -1.01. The fourth-order valence-corrected chi connectivity index (χ4v) is 1.30. The molecule has 0 fully saturated rings. The lowest BCUT2D eigenvalue weighted by Gasteiger charge is -2.11. The number of benzene rings is 1. The summed E-state index contributed by atoms with van der Waals surface area (Å²) in [4.78, 5) is 10.8. The smallest absolute Gasteiger partial charge is 0.312 e. The Morgan fingerprint density at radius 2 is 2.27 bits per heavy atom. The number of carboxylic acid groups (broad SMARTS) is 1. The van der Waals surface area contributed by atoms with Crippen molar-refractivity contribution in [3.8, 4) is 11.5 Å². The van der Waals surface area contributed by atoms with Gasteiger partial charge >= 0.3 is 5.97 Å². The fraction of sp³-hybridized carbons (Fsp3) is 0.300. The average molecular weight is 211 g/mol. The standard InChI is InChI=1S/C10H13NO4/c1-15-9-3-2-6(4-8(9)12)7(5-11)10(13)14/h2-4,7,12H,5,11H2,1H3,(H,13,14)/t7-/m0/s1. The number of phenols is 1. The Hall–Kier alpha value is -1.75. The number of phenolic OH excluding ortho intramolecular Hbond substituents is 1. The molecule has 0 aliphatic heterocycles. The van der Waals surface area contributed by atoms with Crippen LogP contribution in [-0.2, 0) is 4.79 Å². The van der Waals surface area contributed by atoms with Crippen LogP contribution in [0.15, 0.2) is 18.2 Å². The van der Waals surface area contributed by atoms with E-state index in [0.29, 0.717) is 11.3 Å². The van der Waals surface area contributed by atoms with Gasteiger partial charge in [0.1, 0.15) is 0 Å². The molecule has 0 radical (unpaired) electrons. The van der Waals surface area contributed by atoms with Crippen LogP contribution < -0.4 is 10.5 Å². The van der Waals surface area contributed by atoms with Crippen molar-refractivity contribution in [2.75, 3.05) is 13.7 Å². The third kappa shape index (κ3) is 2.38. The molecule has 1 rings (SSSR count). The second-order valence-electron chi connectivity index (χ2n) is 3.06. The Morgan fingerprint density at radius 1 is 1.60 bits per heavy atom. The maximum Gasteiger partial charge on any atom is 0.312 e. The monoisotopic (exact) mass is 211 g/mol. The van der Waals surface area contributed by atoms with Crippen molar-refractivity contribution in [2.24, 2.45) is 5.73 Å². The summed E-state index contributed by atoms with van der Waals surface area (Å²) in [7, 11) is 1.42. The van der Waals surface area contributed by atoms with E-state index in [9.17, 15) is 9.90 Å². The molecule has 1 aromatic carbocycles. The van der Waals surface area contributed by atoms with Gasteiger partial charge in [-0.1, -0.05) is 6.07 Å². The molecular weight excluding hydrogens is 198 g/mol. The first-order chi connectivity index (χ1) is 7.10. The van der Waals surface area contributed by atoms with E-state index in [1.807, 2.05) is 0 Å². The molecule has 1 atom stereocenters. The van der Waals surface area contributed by atoms with Gasteiger partial charge < -0.3 is 20.7 Å². The van der Waals surface area contributed by atoms with E-state index in [-0.39, 0.29) is 12.3 Å². The molecule has 0 spiro atoms. The van der Waals surface area contributed by atoms with Crippen molar-refractivity contribution >= 4 is 5.97 Å². The van der Waals surface area contributed by atoms with Crippen molar-refractivity contribution in [2.45, 2.75) is 5.92 Å². The summed E-state index contributed by atoms with van der Waals surface area (Å²) >= 11 is 0. The Morgan fingerprint density at radius 3 is 2.67 bits per heavy atom. The molecule has 0 unspecified atom stereocenters. The van der Waals surface area contributed by atoms with Gasteiger partial charge in [-0.25, -0.2) is 0 Å². The van der Waals surface area contributed by atoms with Gasteiger partial charge in [0.05, 0.1) is 13.0 Å². The first kappa shape index (κ1) is 11.3. The maximum absolute atomic E-state index is 10.8. The number of methoxy groups -OCH3 is 1. The van der Waals surface area contributed by atoms with Crippen molar-refractivity contribution in [1.29, 1.82) is 0 Å². The summed E-state index contributed by atoms with van der Waals surface area (Å²) in [5, 5.41) is 18.3. The molecule has 0 saturated heterocycles. The van der Waals surface area contributed by atoms with Crippen LogP contribution in [0.1, 0.15) is 11.5 Å². The van der Waals surface area contributed by atoms with Crippen molar-refractivity contribution in [1.82, 2.24) is 0 Å². The number of carboxylic acids is 1. The molecule has 0 bridgehead atoms. The van der Waals surface area contributed by atoms with Crippen LogP contribution in [0.2, 0.25) is 0 Å². The minimum Gasteiger partial charge on any atom is -0.504 e. The third-order valence-corrected chi connectivity index (χ3v) is 2.14. The Bertz CT molecular complexity index is 364. The zero-order valence-corrected chi connectivity index (χ0v) is 8.30. The Kier molecular flexibility index (Phi) is 3.51. The number of hydrogen-bond acceptors (Lipinski definition) is 4. The first-order valence-corrected chi connectivity index (χ1v) is 4.40. The van der Waals surface area contributed by atoms with Crippen LogP contribution in [0, 0.1) is 0 Å². The lowest BCUT2D eigenvalue weighted by Crippen LogP contribution is -2.20. The predicted octanol–water partition coefficient (Wildman–Crippen LogP) is 0.528. The highest BCUT2D eigenvalue weighted by Gasteiger charge is 2.19. The van der Waals surface area contributed by atoms with Gasteiger partial charge in [0.2, 0.25) is 0 Å². The van der Waals surface area contributed by atoms with E-state index >= 15 is 0 Å². The Balaban J connectivity index is 3.05. The number of rotatable bonds is 4. The molecule has 0 aliphatic rings. The van der Waals surface area contributed by atoms with Crippen molar-refractivity contribution < 1.29 is 19.7 Å². The van der Waals surface area contributed by atoms with Gasteiger partial charge in [-0.15, -0.1) is 0 Å². The number of ether oxygens (including phenoxy) is 1. The van der Waals surface area contributed by atoms with Crippen LogP contribution in [0.3, 0.4) is 0 Å². The molecule has 0 amide bonds. The minimum absolute atomic E-state index is 0.0128. The number of aromatic hydroxyl groups is 1. The van der Waals surface area contributed by atoms with Gasteiger partial charge in [0.15, 0.2) is 11.5 Å². The topological polar surface area (TPSA) is 92.8 Å². The lowest BCUT2D eigenvalue weighted by atomic mass is 9.99. The van der Waals surface area contributed by atoms with Crippen LogP contribution in [0.4, 0.5) is 0 Å². The highest BCUT2D eigenvalue weighted by atomic mass is 16.5. The zero-order chi connectivity index (χ0) is 11.4. The van der Waals surface area contributed by atoms with E-state index in [2.05, 4.69) is 0 Å². The van der Waals surface area contributed by atoms with Gasteiger partial charge in [-0.05, 0) is 17.7 Å². The second-order valence-corrected chi connectivity index (χ2v) is 3.06. The second kappa shape index (κ2) is 4.65. The van der Waals surface area contributed by atoms with Crippen LogP contribution in [-0.4, -0.2) is 29.8 Å². The summed E-state index contributed by atoms with van der Waals surface area (Å²) in [6, 6.07) is 4.44. The molecular formula is C10H13NO4. The molecule has 4 N–H and O–H groups in total. The molecule has 0 aliphatic carbocycles. The SMILES string of the molecule is COc1ccc([C@H](CN)C(=O)O)cc1O. The molecule has 0 aromatic heterocycles. The predicted molar refractivity (Wildman–Crippen MR) is 54.1 cm³/mol. The van der Waals surface area contributed by atoms with Crippen LogP contribution in [0.25, 0.3) is 0 Å². The van der Waals surface area contributed by atoms with Gasteiger partial charge in [0.25, 0.3) is 0 Å². The molecule has 5 heteroatoms. The average Bonchev–Trinajstić information content (AvgIpc) is 2.18. The number of nitrogens with two attached hydrogens (primary N) is 1. The number of carbonyl (C=O) groups is 1. The molecule has 5 nitrogen and oxygen atoms in total. The number of hydrogen-bond donors (Lipinski definition) is 3. The van der Waals surface area contributed by atoms with Gasteiger partial charge in [-0.3, -0.25) is 4.79 Å². The van der Waals surface area contributed by atoms with Crippen LogP contribution in [0.5, 0.6) is 11.5 Å². The highest BCUT2D eigenvalue weighted by Crippen LogP contribution is 2.29. The quantitative estimate of drug-likeness (QED) is 0.675. The third-order valence-electron chi connectivity index (χ3n) is 2.14. The maximum atomic E-state index is 10.8. The van der Waals surface area contributed by atoms with E-state index in [4.69, 9.17) is 15.6 Å². The van der Waals surface area contributed by atoms with E-state index in [1.54, 1.807) is 6.07 Å². The van der Waals surface area contributed by atoms with Crippen molar-refractivity contribution in [3.05, 3.63) is 23.8 Å². The van der Waals surface area contributed by atoms with Crippen LogP contribution >= 0.6 is 0 Å². The lowest BCUT2D eigenvalue weighted by molar-refractivity contribution is -0.138. The zero-order valence-electron chi connectivity index (χ0n) is 8.30. The summed E-state index contributed by atoms with van der Waals surface area (Å²) in [5.41, 5.74) is 5.79. The summed E-state index contributed by atoms with van der Waals surface area (Å²) in [5.74, 6) is -1.60. The molecule has 15 heavy (non-hydrogen) atoms. The molecule has 0 saturated carbocycles. The molecule has 82 valence electrons. The van der Waals surface area contributed by atoms with Gasteiger partial charge in [0, 0.05) is 6.54 Å². The normalized spacial score (nSPS) is 12.1. The van der Waals surface area contributed by atoms with E-state index in [0.717, 1.165) is 0 Å². The highest BCUT2D eigenvalue weighted by molar-refractivity contribution is 5.76. The summed E-state index contributed by atoms with van der Waals surface area (Å²) < 4.78 is 4.85. The largest absolute Gasteiger partial charge is 0.504 e. The molecule has 1 aromatic rings. The van der Waals surface area contributed by atoms with Crippen molar-refractivity contribution in [3.63, 3.8) is 0 Å². The fourth-order valence-electron chi connectivity index (χ4n) is 1.30. The Labute approximate surface area is 87.1 Å². The van der Waals surface area contributed by atoms with E-state index < -0.39 is 11.9 Å². The number of aliphatic carboxylic acids is 1. The molecule has 0 heterocycles. The van der Waals surface area contributed by atoms with Gasteiger partial charge in [-0.2, -0.15) is 0 Å². The van der Waals surface area contributed by atoms with E-state index in [1.165, 1.54) is 19.2 Å². The summed E-state index contributed by atoms with van der Waals surface area (Å²) in [6.07, 6.45) is 0. The first-order valence-electron chi connectivity index (χ1n) is 4.40.